The summed E-state index contributed by atoms with van der Waals surface area (Å²) in [5, 5.41) is 15.0. The van der Waals surface area contributed by atoms with Gasteiger partial charge in [0, 0.05) is 32.4 Å². The normalized spacial score (nSPS) is 13.6. The van der Waals surface area contributed by atoms with E-state index in [1.165, 1.54) is 19.4 Å². The molecule has 1 aromatic carbocycles. The van der Waals surface area contributed by atoms with Gasteiger partial charge in [0.1, 0.15) is 18.2 Å². The number of aryl methyl sites for hydroxylation is 2. The average molecular weight is 400 g/mol. The number of urea groups is 1. The highest BCUT2D eigenvalue weighted by molar-refractivity contribution is 5.73. The molecule has 154 valence electrons. The number of imidazole rings is 1. The fraction of sp³-hybridized carbons (Fsp3) is 0.444. The van der Waals surface area contributed by atoms with Crippen molar-refractivity contribution in [2.45, 2.75) is 25.1 Å². The van der Waals surface area contributed by atoms with Crippen LogP contribution in [0.1, 0.15) is 17.8 Å². The number of rotatable bonds is 8. The highest BCUT2D eigenvalue weighted by Crippen LogP contribution is 2.40. The summed E-state index contributed by atoms with van der Waals surface area (Å²) in [6.07, 6.45) is -3.23. The third-order valence-corrected chi connectivity index (χ3v) is 4.17. The van der Waals surface area contributed by atoms with E-state index in [0.717, 1.165) is 10.1 Å². The molecule has 1 heterocycles. The number of hydrogen-bond donors (Lipinski definition) is 3. The molecule has 3 N–H and O–H groups in total. The summed E-state index contributed by atoms with van der Waals surface area (Å²) < 4.78 is 46.7. The second kappa shape index (κ2) is 8.96. The van der Waals surface area contributed by atoms with Crippen LogP contribution >= 0.6 is 0 Å². The quantitative estimate of drug-likeness (QED) is 0.593. The van der Waals surface area contributed by atoms with E-state index in [2.05, 4.69) is 15.6 Å². The Morgan fingerprint density at radius 1 is 1.25 bits per heavy atom. The zero-order valence-corrected chi connectivity index (χ0v) is 15.6. The Hall–Kier alpha value is -2.75. The van der Waals surface area contributed by atoms with E-state index < -0.39 is 36.6 Å². The van der Waals surface area contributed by atoms with E-state index >= 15 is 0 Å². The van der Waals surface area contributed by atoms with Crippen molar-refractivity contribution in [3.05, 3.63) is 48.0 Å². The van der Waals surface area contributed by atoms with Crippen molar-refractivity contribution < 1.29 is 27.8 Å². The molecule has 0 saturated carbocycles. The first-order valence-corrected chi connectivity index (χ1v) is 8.62. The standard InChI is InChI=1S/C18H23F3N4O3/c1-13-5-3-4-6-14(13)28-12-10-24-16(26)23-8-7-17(27,18(19,20)21)15-22-9-11-25(15)2/h3-6,9,11,27H,7-8,10,12H2,1-2H3,(H2,23,24,26). The van der Waals surface area contributed by atoms with Gasteiger partial charge in [-0.15, -0.1) is 0 Å². The van der Waals surface area contributed by atoms with E-state index in [9.17, 15) is 23.1 Å². The second-order valence-corrected chi connectivity index (χ2v) is 6.27. The van der Waals surface area contributed by atoms with Gasteiger partial charge >= 0.3 is 12.2 Å². The highest BCUT2D eigenvalue weighted by Gasteiger charge is 2.57. The molecule has 0 radical (unpaired) electrons. The van der Waals surface area contributed by atoms with Gasteiger partial charge in [0.2, 0.25) is 5.60 Å². The van der Waals surface area contributed by atoms with Crippen LogP contribution < -0.4 is 15.4 Å². The van der Waals surface area contributed by atoms with E-state index in [0.29, 0.717) is 5.75 Å². The van der Waals surface area contributed by atoms with Crippen LogP contribution in [0.5, 0.6) is 5.75 Å². The van der Waals surface area contributed by atoms with E-state index in [1.807, 2.05) is 25.1 Å². The molecule has 2 rings (SSSR count). The number of para-hydroxylation sites is 1. The maximum atomic E-state index is 13.4. The van der Waals surface area contributed by atoms with E-state index in [4.69, 9.17) is 4.74 Å². The monoisotopic (exact) mass is 400 g/mol. The molecule has 0 spiro atoms. The first kappa shape index (κ1) is 21.5. The van der Waals surface area contributed by atoms with E-state index in [1.54, 1.807) is 6.07 Å². The minimum atomic E-state index is -4.94. The smallest absolute Gasteiger partial charge is 0.424 e. The van der Waals surface area contributed by atoms with Crippen molar-refractivity contribution in [3.8, 4) is 5.75 Å². The Balaban J connectivity index is 1.78. The van der Waals surface area contributed by atoms with Gasteiger partial charge in [-0.2, -0.15) is 13.2 Å². The molecule has 0 fully saturated rings. The van der Waals surface area contributed by atoms with Crippen LogP contribution in [-0.2, 0) is 12.6 Å². The molecule has 0 saturated heterocycles. The Morgan fingerprint density at radius 2 is 1.93 bits per heavy atom. The minimum absolute atomic E-state index is 0.170. The van der Waals surface area contributed by atoms with Crippen LogP contribution in [0.15, 0.2) is 36.7 Å². The van der Waals surface area contributed by atoms with Crippen molar-refractivity contribution in [3.63, 3.8) is 0 Å². The summed E-state index contributed by atoms with van der Waals surface area (Å²) in [5.41, 5.74) is -2.21. The summed E-state index contributed by atoms with van der Waals surface area (Å²) in [6, 6.07) is 6.73. The topological polar surface area (TPSA) is 88.4 Å². The summed E-state index contributed by atoms with van der Waals surface area (Å²) in [6.45, 7) is 1.87. The number of aliphatic hydroxyl groups is 1. The van der Waals surface area contributed by atoms with Crippen molar-refractivity contribution in [2.24, 2.45) is 7.05 Å². The predicted octanol–water partition coefficient (Wildman–Crippen LogP) is 2.25. The number of ether oxygens (including phenoxy) is 1. The summed E-state index contributed by atoms with van der Waals surface area (Å²) in [4.78, 5) is 15.3. The molecule has 1 unspecified atom stereocenters. The molecule has 10 heteroatoms. The summed E-state index contributed by atoms with van der Waals surface area (Å²) in [5.74, 6) is 0.156. The molecular formula is C18H23F3N4O3. The maximum absolute atomic E-state index is 13.4. The molecule has 0 aliphatic heterocycles. The zero-order chi connectivity index (χ0) is 20.8. The Bertz CT molecular complexity index is 794. The molecular weight excluding hydrogens is 377 g/mol. The number of hydrogen-bond acceptors (Lipinski definition) is 4. The summed E-state index contributed by atoms with van der Waals surface area (Å²) in [7, 11) is 1.35. The van der Waals surface area contributed by atoms with Crippen LogP contribution in [0.3, 0.4) is 0 Å². The second-order valence-electron chi connectivity index (χ2n) is 6.27. The van der Waals surface area contributed by atoms with Crippen LogP contribution in [0, 0.1) is 6.92 Å². The lowest BCUT2D eigenvalue weighted by Gasteiger charge is -2.29. The number of amides is 2. The van der Waals surface area contributed by atoms with Gasteiger partial charge in [-0.05, 0) is 18.6 Å². The largest absolute Gasteiger partial charge is 0.491 e. The Labute approximate surface area is 160 Å². The minimum Gasteiger partial charge on any atom is -0.491 e. The van der Waals surface area contributed by atoms with Crippen molar-refractivity contribution in [1.82, 2.24) is 20.2 Å². The molecule has 0 aliphatic rings. The zero-order valence-electron chi connectivity index (χ0n) is 15.6. The maximum Gasteiger partial charge on any atom is 0.424 e. The number of carbonyl (C=O) groups excluding carboxylic acids is 1. The SMILES string of the molecule is Cc1ccccc1OCCNC(=O)NCCC(O)(c1nccn1C)C(F)(F)F. The van der Waals surface area contributed by atoms with E-state index in [-0.39, 0.29) is 13.2 Å². The van der Waals surface area contributed by atoms with Crippen LogP contribution in [0.25, 0.3) is 0 Å². The predicted molar refractivity (Wildman–Crippen MR) is 95.9 cm³/mol. The number of benzene rings is 1. The number of aromatic nitrogens is 2. The van der Waals surface area contributed by atoms with Crippen LogP contribution in [0.4, 0.5) is 18.0 Å². The third-order valence-electron chi connectivity index (χ3n) is 4.17. The third kappa shape index (κ3) is 5.16. The summed E-state index contributed by atoms with van der Waals surface area (Å²) >= 11 is 0. The molecule has 1 atom stereocenters. The van der Waals surface area contributed by atoms with Crippen molar-refractivity contribution in [1.29, 1.82) is 0 Å². The molecule has 1 aromatic heterocycles. The lowest BCUT2D eigenvalue weighted by atomic mass is 9.97. The van der Waals surface area contributed by atoms with Crippen molar-refractivity contribution in [2.75, 3.05) is 19.7 Å². The lowest BCUT2D eigenvalue weighted by molar-refractivity contribution is -0.272. The lowest BCUT2D eigenvalue weighted by Crippen LogP contribution is -2.47. The fourth-order valence-electron chi connectivity index (χ4n) is 2.61. The highest BCUT2D eigenvalue weighted by atomic mass is 19.4. The van der Waals surface area contributed by atoms with Gasteiger partial charge in [0.25, 0.3) is 0 Å². The van der Waals surface area contributed by atoms with Gasteiger partial charge < -0.3 is 25.0 Å². The van der Waals surface area contributed by atoms with Gasteiger partial charge in [-0.25, -0.2) is 9.78 Å². The molecule has 28 heavy (non-hydrogen) atoms. The average Bonchev–Trinajstić information content (AvgIpc) is 3.05. The molecule has 2 aromatic rings. The Kier molecular flexibility index (Phi) is 6.90. The van der Waals surface area contributed by atoms with Gasteiger partial charge in [-0.1, -0.05) is 18.2 Å². The van der Waals surface area contributed by atoms with Crippen LogP contribution in [0.2, 0.25) is 0 Å². The molecule has 7 nitrogen and oxygen atoms in total. The number of alkyl halides is 3. The Morgan fingerprint density at radius 3 is 2.54 bits per heavy atom. The number of carbonyl (C=O) groups is 1. The fourth-order valence-corrected chi connectivity index (χ4v) is 2.61. The van der Waals surface area contributed by atoms with Gasteiger partial charge in [0.05, 0.1) is 6.54 Å². The number of halogens is 3. The van der Waals surface area contributed by atoms with Gasteiger partial charge in [-0.3, -0.25) is 0 Å². The first-order valence-electron chi connectivity index (χ1n) is 8.62. The number of nitrogens with zero attached hydrogens (tertiary/aromatic N) is 2. The number of nitrogens with one attached hydrogen (secondary N) is 2. The molecule has 0 aliphatic carbocycles. The van der Waals surface area contributed by atoms with Crippen molar-refractivity contribution >= 4 is 6.03 Å². The van der Waals surface area contributed by atoms with Gasteiger partial charge in [0.15, 0.2) is 0 Å². The molecule has 0 bridgehead atoms. The first-order chi connectivity index (χ1) is 13.1. The molecule has 2 amide bonds. The van der Waals surface area contributed by atoms with Crippen LogP contribution in [-0.4, -0.2) is 46.6 Å².